The van der Waals surface area contributed by atoms with E-state index in [1.54, 1.807) is 6.92 Å². The molecule has 0 radical (unpaired) electrons. The summed E-state index contributed by atoms with van der Waals surface area (Å²) in [5, 5.41) is 20.0. The number of hydrogen-bond acceptors (Lipinski definition) is 4. The Morgan fingerprint density at radius 1 is 1.17 bits per heavy atom. The van der Waals surface area contributed by atoms with Crippen molar-refractivity contribution in [3.05, 3.63) is 0 Å². The van der Waals surface area contributed by atoms with Crippen molar-refractivity contribution >= 4 is 11.9 Å². The van der Waals surface area contributed by atoms with Crippen LogP contribution in [0.5, 0.6) is 0 Å². The Bertz CT molecular complexity index is 134. The Hall–Kier alpha value is 0.421. The number of aliphatic carboxylic acids is 2. The molecule has 0 saturated carbocycles. The van der Waals surface area contributed by atoms with Gasteiger partial charge in [0.2, 0.25) is 0 Å². The van der Waals surface area contributed by atoms with Crippen LogP contribution in [0.1, 0.15) is 19.8 Å². The Kier molecular flexibility index (Phi) is 14.5. The molecule has 12 heavy (non-hydrogen) atoms. The van der Waals surface area contributed by atoms with Crippen molar-refractivity contribution < 1.29 is 64.6 Å². The largest absolute Gasteiger partial charge is 1.00 e. The van der Waals surface area contributed by atoms with Gasteiger partial charge >= 0.3 is 44.8 Å². The van der Waals surface area contributed by atoms with Crippen LogP contribution in [0.25, 0.3) is 0 Å². The molecule has 0 spiro atoms. The molecule has 0 saturated heterocycles. The van der Waals surface area contributed by atoms with Gasteiger partial charge in [0, 0.05) is 5.92 Å². The maximum Gasteiger partial charge on any atom is 1.00 e. The number of hydrogen-bond donors (Lipinski definition) is 0. The Morgan fingerprint density at radius 3 is 1.58 bits per heavy atom. The second-order valence-corrected chi connectivity index (χ2v) is 1.98. The second kappa shape index (κ2) is 9.51. The summed E-state index contributed by atoms with van der Waals surface area (Å²) in [6, 6.07) is 0. The van der Waals surface area contributed by atoms with Crippen LogP contribution in [0.2, 0.25) is 0 Å². The van der Waals surface area contributed by atoms with Crippen molar-refractivity contribution in [2.45, 2.75) is 19.8 Å². The Balaban J connectivity index is -0.000000405. The number of carboxylic acids is 2. The first-order chi connectivity index (χ1) is 4.59. The molecule has 0 bridgehead atoms. The molecule has 0 atom stereocenters. The third kappa shape index (κ3) is 7.09. The summed E-state index contributed by atoms with van der Waals surface area (Å²) in [6.07, 6.45) is 0.567. The van der Waals surface area contributed by atoms with Gasteiger partial charge in [-0.1, -0.05) is 13.3 Å². The van der Waals surface area contributed by atoms with E-state index in [1.807, 2.05) is 0 Å². The predicted molar refractivity (Wildman–Crippen MR) is 28.4 cm³/mol. The summed E-state index contributed by atoms with van der Waals surface area (Å²) >= 11 is 0. The summed E-state index contributed by atoms with van der Waals surface area (Å²) in [7, 11) is 0. The van der Waals surface area contributed by atoms with Crippen molar-refractivity contribution in [2.24, 2.45) is 5.92 Å². The van der Waals surface area contributed by atoms with E-state index in [0.29, 0.717) is 6.42 Å². The molecule has 0 aromatic carbocycles. The molecule has 0 heterocycles. The molecule has 4 nitrogen and oxygen atoms in total. The molecule has 0 unspecified atom stereocenters. The summed E-state index contributed by atoms with van der Waals surface area (Å²) < 4.78 is 0. The zero-order chi connectivity index (χ0) is 8.15. The summed E-state index contributed by atoms with van der Waals surface area (Å²) in [5.41, 5.74) is 0. The van der Waals surface area contributed by atoms with Gasteiger partial charge in [-0.3, -0.25) is 0 Å². The minimum Gasteiger partial charge on any atom is -0.549 e. The van der Waals surface area contributed by atoms with Crippen LogP contribution in [0.4, 0.5) is 0 Å². The predicted octanol–water partition coefficient (Wildman–Crippen LogP) is -2.10. The van der Waals surface area contributed by atoms with E-state index in [-0.39, 0.29) is 51.2 Å². The fourth-order valence-corrected chi connectivity index (χ4v) is 0.621. The monoisotopic (exact) mass is 358 g/mol. The van der Waals surface area contributed by atoms with Crippen molar-refractivity contribution in [3.63, 3.8) is 0 Å². The minimum absolute atomic E-state index is 0. The number of carboxylic acid groups (broad SMARTS) is 2. The molecule has 0 fully saturated rings. The van der Waals surface area contributed by atoms with Crippen molar-refractivity contribution in [1.82, 2.24) is 0 Å². The number of carbonyl (C=O) groups is 2. The molecule has 0 aromatic heterocycles. The normalized spacial score (nSPS) is 8.17. The minimum atomic E-state index is -1.57. The zero-order valence-corrected chi connectivity index (χ0v) is 9.19. The number of carbonyl (C=O) groups excluding carboxylic acids is 2. The van der Waals surface area contributed by atoms with E-state index in [2.05, 4.69) is 0 Å². The third-order valence-electron chi connectivity index (χ3n) is 1.15. The van der Waals surface area contributed by atoms with E-state index in [9.17, 15) is 19.8 Å². The molecule has 6 heteroatoms. The molecule has 0 rings (SSSR count). The summed E-state index contributed by atoms with van der Waals surface area (Å²) in [4.78, 5) is 20.0. The van der Waals surface area contributed by atoms with E-state index >= 15 is 0 Å². The van der Waals surface area contributed by atoms with Gasteiger partial charge in [-0.25, -0.2) is 0 Å². The van der Waals surface area contributed by atoms with Crippen molar-refractivity contribution in [3.8, 4) is 0 Å². The van der Waals surface area contributed by atoms with E-state index in [0.717, 1.165) is 0 Å². The Labute approximate surface area is 102 Å². The molecular weight excluding hydrogens is 352 g/mol. The summed E-state index contributed by atoms with van der Waals surface area (Å²) in [5.74, 6) is -4.59. The van der Waals surface area contributed by atoms with Gasteiger partial charge in [0.25, 0.3) is 0 Å². The van der Waals surface area contributed by atoms with E-state index in [4.69, 9.17) is 0 Å². The molecular formula is C6H8Ag2O4. The fourth-order valence-electron chi connectivity index (χ4n) is 0.621. The van der Waals surface area contributed by atoms with Crippen molar-refractivity contribution in [1.29, 1.82) is 0 Å². The summed E-state index contributed by atoms with van der Waals surface area (Å²) in [6.45, 7) is 1.69. The van der Waals surface area contributed by atoms with Gasteiger partial charge in [-0.15, -0.1) is 0 Å². The van der Waals surface area contributed by atoms with E-state index in [1.165, 1.54) is 0 Å². The van der Waals surface area contributed by atoms with Crippen LogP contribution in [-0.4, -0.2) is 11.9 Å². The topological polar surface area (TPSA) is 80.3 Å². The first-order valence-corrected chi connectivity index (χ1v) is 3.01. The first kappa shape index (κ1) is 18.3. The SMILES string of the molecule is CCCC(C(=O)[O-])C(=O)[O-].[Ag+].[Ag+]. The molecule has 0 aromatic rings. The van der Waals surface area contributed by atoms with Gasteiger partial charge in [-0.2, -0.15) is 0 Å². The average molecular weight is 360 g/mol. The first-order valence-electron chi connectivity index (χ1n) is 3.01. The fraction of sp³-hybridized carbons (Fsp3) is 0.667. The van der Waals surface area contributed by atoms with Crippen LogP contribution in [-0.2, 0) is 54.3 Å². The Morgan fingerprint density at radius 2 is 1.50 bits per heavy atom. The molecule has 0 N–H and O–H groups in total. The quantitative estimate of drug-likeness (QED) is 0.425. The van der Waals surface area contributed by atoms with Crippen LogP contribution in [0, 0.1) is 5.92 Å². The maximum atomic E-state index is 10.00. The van der Waals surface area contributed by atoms with Crippen LogP contribution in [0.15, 0.2) is 0 Å². The molecule has 78 valence electrons. The molecule has 0 aliphatic rings. The molecule has 0 amide bonds. The van der Waals surface area contributed by atoms with Crippen LogP contribution >= 0.6 is 0 Å². The van der Waals surface area contributed by atoms with Gasteiger partial charge in [-0.05, 0) is 6.42 Å². The average Bonchev–Trinajstić information content (AvgIpc) is 1.81. The van der Waals surface area contributed by atoms with Gasteiger partial charge in [0.05, 0.1) is 11.9 Å². The van der Waals surface area contributed by atoms with E-state index < -0.39 is 17.9 Å². The second-order valence-electron chi connectivity index (χ2n) is 1.98. The standard InChI is InChI=1S/C6H10O4.2Ag/c1-2-3-4(5(7)8)6(9)10;;/h4H,2-3H2,1H3,(H,7,8)(H,9,10);;/q;2*+1/p-2. The molecule has 0 aliphatic heterocycles. The zero-order valence-electron chi connectivity index (χ0n) is 6.23. The molecule has 0 aliphatic carbocycles. The van der Waals surface area contributed by atoms with Crippen LogP contribution in [0.3, 0.4) is 0 Å². The number of rotatable bonds is 4. The van der Waals surface area contributed by atoms with Crippen LogP contribution < -0.4 is 10.2 Å². The van der Waals surface area contributed by atoms with Gasteiger partial charge < -0.3 is 19.8 Å². The van der Waals surface area contributed by atoms with Gasteiger partial charge in [0.15, 0.2) is 0 Å². The smallest absolute Gasteiger partial charge is 0.549 e. The van der Waals surface area contributed by atoms with Crippen molar-refractivity contribution in [2.75, 3.05) is 0 Å². The third-order valence-corrected chi connectivity index (χ3v) is 1.15. The maximum absolute atomic E-state index is 10.00. The van der Waals surface area contributed by atoms with Gasteiger partial charge in [0.1, 0.15) is 0 Å².